The molecule has 0 saturated carbocycles. The summed E-state index contributed by atoms with van der Waals surface area (Å²) in [4.78, 5) is 15.0. The van der Waals surface area contributed by atoms with Crippen molar-refractivity contribution in [1.29, 1.82) is 0 Å². The van der Waals surface area contributed by atoms with Crippen molar-refractivity contribution >= 4 is 39.1 Å². The molecule has 6 heteroatoms. The molecule has 6 aromatic rings. The van der Waals surface area contributed by atoms with E-state index in [-0.39, 0.29) is 12.0 Å². The summed E-state index contributed by atoms with van der Waals surface area (Å²) in [6.07, 6.45) is 3.67. The van der Waals surface area contributed by atoms with E-state index in [9.17, 15) is 0 Å². The van der Waals surface area contributed by atoms with Crippen LogP contribution in [0.2, 0.25) is 0 Å². The maximum absolute atomic E-state index is 6.63. The molecule has 1 aliphatic carbocycles. The number of para-hydroxylation sites is 3. The highest BCUT2D eigenvalue weighted by Gasteiger charge is 2.39. The predicted molar refractivity (Wildman–Crippen MR) is 153 cm³/mol. The van der Waals surface area contributed by atoms with Gasteiger partial charge in [-0.05, 0) is 30.4 Å². The quantitative estimate of drug-likeness (QED) is 0.233. The van der Waals surface area contributed by atoms with Crippen molar-refractivity contribution in [3.05, 3.63) is 126 Å². The molecular formula is C33H20ClN3O2. The van der Waals surface area contributed by atoms with Crippen LogP contribution in [0.25, 0.3) is 50.3 Å². The molecule has 0 spiro atoms. The van der Waals surface area contributed by atoms with Crippen LogP contribution in [0.5, 0.6) is 5.75 Å². The van der Waals surface area contributed by atoms with Crippen LogP contribution in [-0.4, -0.2) is 21.1 Å². The molecule has 2 atom stereocenters. The van der Waals surface area contributed by atoms with Gasteiger partial charge in [-0.15, -0.1) is 0 Å². The zero-order chi connectivity index (χ0) is 25.9. The number of hydrogen-bond donors (Lipinski definition) is 0. The minimum absolute atomic E-state index is 0.0791. The molecule has 0 fully saturated rings. The summed E-state index contributed by atoms with van der Waals surface area (Å²) in [5.41, 5.74) is 5.27. The summed E-state index contributed by atoms with van der Waals surface area (Å²) in [7, 11) is 0. The molecule has 2 aliphatic rings. The molecule has 0 bridgehead atoms. The lowest BCUT2D eigenvalue weighted by Gasteiger charge is -2.23. The van der Waals surface area contributed by atoms with E-state index in [2.05, 4.69) is 18.2 Å². The second kappa shape index (κ2) is 8.65. The third-order valence-electron chi connectivity index (χ3n) is 7.37. The van der Waals surface area contributed by atoms with E-state index in [0.717, 1.165) is 50.0 Å². The van der Waals surface area contributed by atoms with Crippen LogP contribution in [0.15, 0.2) is 119 Å². The van der Waals surface area contributed by atoms with Gasteiger partial charge in [0.15, 0.2) is 17.5 Å². The fraction of sp³-hybridized carbons (Fsp3) is 0.0606. The average Bonchev–Trinajstić information content (AvgIpc) is 3.55. The summed E-state index contributed by atoms with van der Waals surface area (Å²) < 4.78 is 12.6. The zero-order valence-corrected chi connectivity index (χ0v) is 21.3. The largest absolute Gasteiger partial charge is 0.485 e. The molecule has 1 aliphatic heterocycles. The summed E-state index contributed by atoms with van der Waals surface area (Å²) in [5, 5.41) is 2.68. The molecule has 0 amide bonds. The zero-order valence-electron chi connectivity index (χ0n) is 20.6. The Morgan fingerprint density at radius 1 is 0.667 bits per heavy atom. The molecule has 2 aromatic heterocycles. The highest BCUT2D eigenvalue weighted by atomic mass is 35.5. The van der Waals surface area contributed by atoms with Crippen LogP contribution in [0, 0.1) is 0 Å². The summed E-state index contributed by atoms with van der Waals surface area (Å²) in [6.45, 7) is 0. The Balaban J connectivity index is 1.37. The van der Waals surface area contributed by atoms with E-state index in [0.29, 0.717) is 22.5 Å². The van der Waals surface area contributed by atoms with Crippen LogP contribution in [0.3, 0.4) is 0 Å². The Kier molecular flexibility index (Phi) is 4.94. The predicted octanol–water partition coefficient (Wildman–Crippen LogP) is 8.17. The number of furan rings is 1. The molecule has 0 saturated heterocycles. The minimum atomic E-state index is -0.228. The lowest BCUT2D eigenvalue weighted by molar-refractivity contribution is 0.271. The number of hydrogen-bond acceptors (Lipinski definition) is 5. The van der Waals surface area contributed by atoms with Crippen molar-refractivity contribution < 1.29 is 9.15 Å². The molecule has 5 nitrogen and oxygen atoms in total. The van der Waals surface area contributed by atoms with Gasteiger partial charge >= 0.3 is 0 Å². The normalized spacial score (nSPS) is 17.9. The first-order chi connectivity index (χ1) is 19.2. The molecule has 0 radical (unpaired) electrons. The third kappa shape index (κ3) is 3.58. The molecule has 3 heterocycles. The molecule has 0 N–H and O–H groups in total. The van der Waals surface area contributed by atoms with Gasteiger partial charge < -0.3 is 9.15 Å². The van der Waals surface area contributed by atoms with Crippen LogP contribution in [0.1, 0.15) is 17.3 Å². The van der Waals surface area contributed by atoms with Crippen LogP contribution < -0.4 is 4.74 Å². The Hall–Kier alpha value is -4.74. The summed E-state index contributed by atoms with van der Waals surface area (Å²) in [5.74, 6) is 2.46. The second-order valence-corrected chi connectivity index (χ2v) is 10.1. The Morgan fingerprint density at radius 3 is 2.33 bits per heavy atom. The van der Waals surface area contributed by atoms with Gasteiger partial charge in [0.05, 0.1) is 11.5 Å². The summed E-state index contributed by atoms with van der Waals surface area (Å²) >= 11 is 6.63. The smallest absolute Gasteiger partial charge is 0.167 e. The lowest BCUT2D eigenvalue weighted by Crippen LogP contribution is -2.21. The van der Waals surface area contributed by atoms with Crippen LogP contribution >= 0.6 is 11.6 Å². The monoisotopic (exact) mass is 525 g/mol. The van der Waals surface area contributed by atoms with Gasteiger partial charge in [0.25, 0.3) is 0 Å². The number of ether oxygens (including phenoxy) is 1. The maximum Gasteiger partial charge on any atom is 0.167 e. The highest BCUT2D eigenvalue weighted by Crippen LogP contribution is 2.49. The van der Waals surface area contributed by atoms with E-state index in [4.69, 9.17) is 35.7 Å². The molecule has 8 rings (SSSR count). The van der Waals surface area contributed by atoms with Gasteiger partial charge in [-0.3, -0.25) is 0 Å². The van der Waals surface area contributed by atoms with E-state index in [1.165, 1.54) is 0 Å². The van der Waals surface area contributed by atoms with Crippen molar-refractivity contribution in [1.82, 2.24) is 15.0 Å². The molecule has 2 unspecified atom stereocenters. The van der Waals surface area contributed by atoms with Gasteiger partial charge in [-0.2, -0.15) is 0 Å². The van der Waals surface area contributed by atoms with Gasteiger partial charge in [-0.1, -0.05) is 90.5 Å². The highest BCUT2D eigenvalue weighted by molar-refractivity contribution is 6.32. The van der Waals surface area contributed by atoms with E-state index < -0.39 is 0 Å². The van der Waals surface area contributed by atoms with Crippen molar-refractivity contribution in [2.45, 2.75) is 12.0 Å². The molecule has 186 valence electrons. The fourth-order valence-electron chi connectivity index (χ4n) is 5.62. The standard InChI is InChI=1S/C33H20ClN3O2/c34-20-17-25(29-23-12-5-7-16-27(23)38-28(29)18-20)33-36-31(19-9-2-1-3-10-19)35-32(37-33)24-14-8-13-22-21-11-4-6-15-26(21)39-30(22)24/h1-18,28-29H. The number of fused-ring (bicyclic) bond motifs is 6. The molecule has 39 heavy (non-hydrogen) atoms. The second-order valence-electron chi connectivity index (χ2n) is 9.70. The van der Waals surface area contributed by atoms with E-state index in [1.54, 1.807) is 0 Å². The topological polar surface area (TPSA) is 61.0 Å². The number of benzene rings is 4. The number of allylic oxidation sites excluding steroid dienone is 2. The van der Waals surface area contributed by atoms with Crippen molar-refractivity contribution in [3.8, 4) is 28.5 Å². The number of aromatic nitrogens is 3. The van der Waals surface area contributed by atoms with E-state index in [1.807, 2.05) is 91.0 Å². The SMILES string of the molecule is ClC1=CC2Oc3ccccc3C2C(c2nc(-c3ccccc3)nc(-c3cccc4c3oc3ccccc34)n2)=C1. The molecule has 4 aromatic carbocycles. The van der Waals surface area contributed by atoms with E-state index >= 15 is 0 Å². The van der Waals surface area contributed by atoms with Gasteiger partial charge in [-0.25, -0.2) is 15.0 Å². The molecular weight excluding hydrogens is 506 g/mol. The van der Waals surface area contributed by atoms with Crippen molar-refractivity contribution in [2.24, 2.45) is 0 Å². The average molecular weight is 526 g/mol. The Bertz CT molecular complexity index is 1980. The van der Waals surface area contributed by atoms with Gasteiger partial charge in [0.1, 0.15) is 23.0 Å². The summed E-state index contributed by atoms with van der Waals surface area (Å²) in [6, 6.07) is 32.2. The van der Waals surface area contributed by atoms with Crippen molar-refractivity contribution in [2.75, 3.05) is 0 Å². The Morgan fingerprint density at radius 2 is 1.41 bits per heavy atom. The van der Waals surface area contributed by atoms with Crippen molar-refractivity contribution in [3.63, 3.8) is 0 Å². The minimum Gasteiger partial charge on any atom is -0.485 e. The Labute approximate surface area is 229 Å². The van der Waals surface area contributed by atoms with Crippen LogP contribution in [-0.2, 0) is 0 Å². The number of rotatable bonds is 3. The number of halogens is 1. The van der Waals surface area contributed by atoms with Crippen LogP contribution in [0.4, 0.5) is 0 Å². The first-order valence-corrected chi connectivity index (χ1v) is 13.2. The first kappa shape index (κ1) is 22.3. The maximum atomic E-state index is 6.63. The first-order valence-electron chi connectivity index (χ1n) is 12.8. The fourth-order valence-corrected chi connectivity index (χ4v) is 5.86. The number of nitrogens with zero attached hydrogens (tertiary/aromatic N) is 3. The lowest BCUT2D eigenvalue weighted by atomic mass is 9.84. The van der Waals surface area contributed by atoms with Gasteiger partial charge in [0, 0.05) is 32.5 Å². The van der Waals surface area contributed by atoms with Gasteiger partial charge in [0.2, 0.25) is 0 Å². The third-order valence-corrected chi connectivity index (χ3v) is 7.60.